The van der Waals surface area contributed by atoms with Gasteiger partial charge in [0.15, 0.2) is 0 Å². The highest BCUT2D eigenvalue weighted by atomic mass is 31.2. The van der Waals surface area contributed by atoms with Crippen LogP contribution >= 0.6 is 7.60 Å². The highest BCUT2D eigenvalue weighted by Crippen LogP contribution is 2.51. The first-order valence-electron chi connectivity index (χ1n) is 8.33. The molecule has 5 nitrogen and oxygen atoms in total. The molecule has 0 bridgehead atoms. The maximum absolute atomic E-state index is 13.5. The van der Waals surface area contributed by atoms with E-state index in [1.165, 1.54) is 7.11 Å². The number of rotatable bonds is 7. The molecule has 3 aromatic rings. The van der Waals surface area contributed by atoms with Gasteiger partial charge in [0, 0.05) is 0 Å². The second kappa shape index (κ2) is 8.56. The number of para-hydroxylation sites is 1. The van der Waals surface area contributed by atoms with Crippen LogP contribution in [-0.2, 0) is 15.5 Å². The van der Waals surface area contributed by atoms with Gasteiger partial charge in [-0.2, -0.15) is 0 Å². The normalized spacial score (nSPS) is 12.6. The van der Waals surface area contributed by atoms with Gasteiger partial charge in [-0.1, -0.05) is 48.5 Å². The number of esters is 1. The molecule has 0 saturated carbocycles. The molecule has 3 rings (SSSR count). The van der Waals surface area contributed by atoms with Crippen LogP contribution in [0, 0.1) is 0 Å². The second-order valence-corrected chi connectivity index (χ2v) is 7.67. The van der Waals surface area contributed by atoms with Crippen molar-refractivity contribution in [2.24, 2.45) is 0 Å². The Morgan fingerprint density at radius 2 is 1.30 bits per heavy atom. The lowest BCUT2D eigenvalue weighted by Crippen LogP contribution is -2.05. The van der Waals surface area contributed by atoms with Crippen LogP contribution in [0.15, 0.2) is 84.9 Å². The second-order valence-electron chi connectivity index (χ2n) is 5.77. The van der Waals surface area contributed by atoms with Crippen molar-refractivity contribution in [3.05, 3.63) is 96.1 Å². The van der Waals surface area contributed by atoms with E-state index in [0.29, 0.717) is 17.1 Å². The van der Waals surface area contributed by atoms with Crippen LogP contribution in [0.1, 0.15) is 15.9 Å². The monoisotopic (exact) mass is 382 g/mol. The molecule has 6 heteroatoms. The number of carbonyl (C=O) groups is 1. The van der Waals surface area contributed by atoms with Crippen molar-refractivity contribution in [1.82, 2.24) is 0 Å². The van der Waals surface area contributed by atoms with E-state index in [1.54, 1.807) is 48.5 Å². The molecular formula is C21H19O5P. The Labute approximate surface area is 158 Å². The fraction of sp³-hybridized carbons (Fsp3) is 0.0952. The lowest BCUT2D eigenvalue weighted by Gasteiger charge is -2.20. The number of benzene rings is 3. The van der Waals surface area contributed by atoms with Gasteiger partial charge in [0.25, 0.3) is 0 Å². The summed E-state index contributed by atoms with van der Waals surface area (Å²) < 4.78 is 29.6. The van der Waals surface area contributed by atoms with Crippen LogP contribution in [0.25, 0.3) is 0 Å². The number of hydrogen-bond acceptors (Lipinski definition) is 5. The fourth-order valence-corrected chi connectivity index (χ4v) is 4.17. The molecule has 0 amide bonds. The van der Waals surface area contributed by atoms with E-state index in [1.807, 2.05) is 36.4 Å². The zero-order chi connectivity index (χ0) is 19.1. The maximum Gasteiger partial charge on any atom is 0.435 e. The van der Waals surface area contributed by atoms with E-state index in [-0.39, 0.29) is 6.16 Å². The van der Waals surface area contributed by atoms with E-state index in [9.17, 15) is 9.36 Å². The van der Waals surface area contributed by atoms with Gasteiger partial charge in [-0.15, -0.1) is 0 Å². The van der Waals surface area contributed by atoms with Crippen molar-refractivity contribution < 1.29 is 23.1 Å². The minimum atomic E-state index is -3.55. The molecule has 0 spiro atoms. The summed E-state index contributed by atoms with van der Waals surface area (Å²) in [5, 5.41) is 0. The third-order valence-electron chi connectivity index (χ3n) is 3.73. The Balaban J connectivity index is 1.85. The van der Waals surface area contributed by atoms with E-state index >= 15 is 0 Å². The maximum atomic E-state index is 13.5. The molecule has 1 unspecified atom stereocenters. The molecule has 0 aromatic heterocycles. The minimum absolute atomic E-state index is 0.113. The Morgan fingerprint density at radius 3 is 1.85 bits per heavy atom. The summed E-state index contributed by atoms with van der Waals surface area (Å²) in [5.41, 5.74) is 1.22. The van der Waals surface area contributed by atoms with Gasteiger partial charge in [-0.25, -0.2) is 9.36 Å². The van der Waals surface area contributed by atoms with Gasteiger partial charge in [0.1, 0.15) is 11.5 Å². The minimum Gasteiger partial charge on any atom is -0.465 e. The van der Waals surface area contributed by atoms with Crippen molar-refractivity contribution in [2.75, 3.05) is 7.11 Å². The summed E-state index contributed by atoms with van der Waals surface area (Å²) in [4.78, 5) is 11.5. The molecule has 1 atom stereocenters. The summed E-state index contributed by atoms with van der Waals surface area (Å²) >= 11 is 0. The summed E-state index contributed by atoms with van der Waals surface area (Å²) in [6, 6.07) is 24.5. The van der Waals surface area contributed by atoms with Crippen molar-refractivity contribution in [3.8, 4) is 11.5 Å². The lowest BCUT2D eigenvalue weighted by molar-refractivity contribution is 0.0600. The Kier molecular flexibility index (Phi) is 5.94. The van der Waals surface area contributed by atoms with Crippen LogP contribution < -0.4 is 9.05 Å². The van der Waals surface area contributed by atoms with E-state index in [0.717, 1.165) is 5.56 Å². The van der Waals surface area contributed by atoms with Crippen molar-refractivity contribution in [2.45, 2.75) is 6.16 Å². The van der Waals surface area contributed by atoms with Gasteiger partial charge in [0.2, 0.25) is 0 Å². The van der Waals surface area contributed by atoms with Gasteiger partial charge in [0.05, 0.1) is 18.8 Å². The molecule has 3 aromatic carbocycles. The largest absolute Gasteiger partial charge is 0.465 e. The summed E-state index contributed by atoms with van der Waals surface area (Å²) in [6.07, 6.45) is 0.113. The number of methoxy groups -OCH3 is 1. The molecule has 27 heavy (non-hydrogen) atoms. The van der Waals surface area contributed by atoms with E-state index in [4.69, 9.17) is 9.05 Å². The number of ether oxygens (including phenoxy) is 1. The third-order valence-corrected chi connectivity index (χ3v) is 5.46. The quantitative estimate of drug-likeness (QED) is 0.409. The van der Waals surface area contributed by atoms with Crippen LogP contribution in [0.3, 0.4) is 0 Å². The number of carbonyl (C=O) groups excluding carboxylic acids is 1. The predicted octanol–water partition coefficient (Wildman–Crippen LogP) is 5.32. The molecule has 0 fully saturated rings. The topological polar surface area (TPSA) is 61.8 Å². The standard InChI is InChI=1S/C21H19O5P/c1-24-21(22)18-12-14-20(15-13-18)26-27(23,16-17-8-4-2-5-9-17)25-19-10-6-3-7-11-19/h2-15H,16H2,1H3. The molecule has 0 N–H and O–H groups in total. The third kappa shape index (κ3) is 5.22. The molecule has 0 aliphatic carbocycles. The molecule has 0 heterocycles. The van der Waals surface area contributed by atoms with Gasteiger partial charge >= 0.3 is 13.6 Å². The smallest absolute Gasteiger partial charge is 0.435 e. The molecule has 0 aliphatic heterocycles. The van der Waals surface area contributed by atoms with E-state index in [2.05, 4.69) is 4.74 Å². The van der Waals surface area contributed by atoms with Crippen molar-refractivity contribution in [3.63, 3.8) is 0 Å². The zero-order valence-electron chi connectivity index (χ0n) is 14.8. The number of hydrogen-bond donors (Lipinski definition) is 0. The van der Waals surface area contributed by atoms with Crippen LogP contribution in [0.4, 0.5) is 0 Å². The highest BCUT2D eigenvalue weighted by molar-refractivity contribution is 7.53. The first-order chi connectivity index (χ1) is 13.1. The van der Waals surface area contributed by atoms with Crippen molar-refractivity contribution in [1.29, 1.82) is 0 Å². The van der Waals surface area contributed by atoms with Crippen molar-refractivity contribution >= 4 is 13.6 Å². The Morgan fingerprint density at radius 1 is 0.778 bits per heavy atom. The highest BCUT2D eigenvalue weighted by Gasteiger charge is 2.29. The zero-order valence-corrected chi connectivity index (χ0v) is 15.7. The average molecular weight is 382 g/mol. The average Bonchev–Trinajstić information content (AvgIpc) is 2.69. The van der Waals surface area contributed by atoms with Crippen LogP contribution in [0.2, 0.25) is 0 Å². The Hall–Kier alpha value is -3.04. The predicted molar refractivity (Wildman–Crippen MR) is 103 cm³/mol. The SMILES string of the molecule is COC(=O)c1ccc(OP(=O)(Cc2ccccc2)Oc2ccccc2)cc1. The van der Waals surface area contributed by atoms with Crippen LogP contribution in [0.5, 0.6) is 11.5 Å². The Bertz CT molecular complexity index is 878. The summed E-state index contributed by atoms with van der Waals surface area (Å²) in [7, 11) is -2.23. The summed E-state index contributed by atoms with van der Waals surface area (Å²) in [6.45, 7) is 0. The first-order valence-corrected chi connectivity index (χ1v) is 10.1. The fourth-order valence-electron chi connectivity index (χ4n) is 2.46. The van der Waals surface area contributed by atoms with Gasteiger partial charge < -0.3 is 13.8 Å². The van der Waals surface area contributed by atoms with Gasteiger partial charge in [-0.3, -0.25) is 0 Å². The first kappa shape index (κ1) is 18.7. The van der Waals surface area contributed by atoms with Crippen LogP contribution in [-0.4, -0.2) is 13.1 Å². The summed E-state index contributed by atoms with van der Waals surface area (Å²) in [5.74, 6) is 0.357. The van der Waals surface area contributed by atoms with E-state index < -0.39 is 13.6 Å². The van der Waals surface area contributed by atoms with Gasteiger partial charge in [-0.05, 0) is 42.0 Å². The lowest BCUT2D eigenvalue weighted by atomic mass is 10.2. The molecule has 0 saturated heterocycles. The molecule has 0 aliphatic rings. The molecule has 138 valence electrons. The molecule has 0 radical (unpaired) electrons. The molecular weight excluding hydrogens is 363 g/mol.